The molecule has 0 aromatic rings. The highest BCUT2D eigenvalue weighted by atomic mass is 16.8. The van der Waals surface area contributed by atoms with Crippen molar-refractivity contribution in [3.63, 3.8) is 0 Å². The fraction of sp³-hybridized carbons (Fsp3) is 0.929. The van der Waals surface area contributed by atoms with Crippen LogP contribution in [0.4, 0.5) is 0 Å². The molecule has 2 fully saturated rings. The molecule has 1 saturated heterocycles. The van der Waals surface area contributed by atoms with Crippen molar-refractivity contribution in [2.75, 3.05) is 20.3 Å². The van der Waals surface area contributed by atoms with E-state index < -0.39 is 35.6 Å². The molecule has 0 spiro atoms. The first-order chi connectivity index (χ1) is 9.77. The van der Waals surface area contributed by atoms with Crippen LogP contribution in [-0.4, -0.2) is 66.1 Å². The number of amides is 1. The predicted octanol–water partition coefficient (Wildman–Crippen LogP) is -0.455. The number of ether oxygens (including phenoxy) is 3. The lowest BCUT2D eigenvalue weighted by molar-refractivity contribution is -0.158. The highest BCUT2D eigenvalue weighted by Crippen LogP contribution is 2.40. The van der Waals surface area contributed by atoms with Crippen molar-refractivity contribution < 1.29 is 29.2 Å². The molecule has 4 atom stereocenters. The summed E-state index contributed by atoms with van der Waals surface area (Å²) in [5.74, 6) is -1.29. The zero-order chi connectivity index (χ0) is 15.7. The highest BCUT2D eigenvalue weighted by Gasteiger charge is 2.55. The molecule has 21 heavy (non-hydrogen) atoms. The third-order valence-electron chi connectivity index (χ3n) is 3.92. The van der Waals surface area contributed by atoms with Crippen molar-refractivity contribution in [3.8, 4) is 0 Å². The van der Waals surface area contributed by atoms with Gasteiger partial charge in [0.25, 0.3) is 5.91 Å². The zero-order valence-electron chi connectivity index (χ0n) is 12.8. The van der Waals surface area contributed by atoms with E-state index in [1.54, 1.807) is 21.0 Å². The van der Waals surface area contributed by atoms with Crippen LogP contribution in [0, 0.1) is 0 Å². The molecule has 7 nitrogen and oxygen atoms in total. The van der Waals surface area contributed by atoms with Gasteiger partial charge in [-0.2, -0.15) is 0 Å². The number of hydrogen-bond donors (Lipinski definition) is 3. The molecule has 1 aliphatic heterocycles. The van der Waals surface area contributed by atoms with Crippen LogP contribution < -0.4 is 5.32 Å². The van der Waals surface area contributed by atoms with Gasteiger partial charge in [-0.25, -0.2) is 0 Å². The van der Waals surface area contributed by atoms with Crippen molar-refractivity contribution in [1.82, 2.24) is 5.32 Å². The summed E-state index contributed by atoms with van der Waals surface area (Å²) >= 11 is 0. The summed E-state index contributed by atoms with van der Waals surface area (Å²) in [5.41, 5.74) is -1.63. The lowest BCUT2D eigenvalue weighted by Crippen LogP contribution is -2.58. The van der Waals surface area contributed by atoms with Crippen molar-refractivity contribution in [2.24, 2.45) is 0 Å². The second-order valence-corrected chi connectivity index (χ2v) is 6.25. The van der Waals surface area contributed by atoms with E-state index >= 15 is 0 Å². The van der Waals surface area contributed by atoms with E-state index in [4.69, 9.17) is 14.2 Å². The van der Waals surface area contributed by atoms with Crippen molar-refractivity contribution in [3.05, 3.63) is 0 Å². The Morgan fingerprint density at radius 2 is 2.10 bits per heavy atom. The molecule has 2 rings (SSSR count). The lowest BCUT2D eigenvalue weighted by atomic mass is 9.79. The SMILES string of the molecule is COCCCNC(=O)[C@@]1(O)C[C@@H](O)[C@@H]2OC(C)(C)O[C@@H]2C1. The Kier molecular flexibility index (Phi) is 4.89. The molecule has 7 heteroatoms. The van der Waals surface area contributed by atoms with Crippen LogP contribution in [0.15, 0.2) is 0 Å². The van der Waals surface area contributed by atoms with Gasteiger partial charge in [-0.1, -0.05) is 0 Å². The third-order valence-corrected chi connectivity index (χ3v) is 3.92. The van der Waals surface area contributed by atoms with Crippen LogP contribution in [0.2, 0.25) is 0 Å². The van der Waals surface area contributed by atoms with Gasteiger partial charge in [-0.3, -0.25) is 4.79 Å². The van der Waals surface area contributed by atoms with Crippen LogP contribution in [0.1, 0.15) is 33.1 Å². The van der Waals surface area contributed by atoms with Crippen LogP contribution in [0.25, 0.3) is 0 Å². The monoisotopic (exact) mass is 303 g/mol. The van der Waals surface area contributed by atoms with Gasteiger partial charge < -0.3 is 29.7 Å². The second kappa shape index (κ2) is 6.18. The maximum atomic E-state index is 12.2. The minimum atomic E-state index is -1.63. The zero-order valence-corrected chi connectivity index (χ0v) is 12.8. The summed E-state index contributed by atoms with van der Waals surface area (Å²) in [5, 5.41) is 23.4. The average molecular weight is 303 g/mol. The van der Waals surface area contributed by atoms with Gasteiger partial charge in [0.1, 0.15) is 11.7 Å². The Hall–Kier alpha value is -0.730. The minimum Gasteiger partial charge on any atom is -0.390 e. The first kappa shape index (κ1) is 16.6. The first-order valence-electron chi connectivity index (χ1n) is 7.31. The molecule has 3 N–H and O–H groups in total. The first-order valence-corrected chi connectivity index (χ1v) is 7.31. The molecule has 0 aromatic heterocycles. The molecule has 0 bridgehead atoms. The summed E-state index contributed by atoms with van der Waals surface area (Å²) in [6.07, 6.45) is -1.18. The van der Waals surface area contributed by atoms with Gasteiger partial charge in [0, 0.05) is 33.1 Å². The van der Waals surface area contributed by atoms with E-state index in [2.05, 4.69) is 5.32 Å². The summed E-state index contributed by atoms with van der Waals surface area (Å²) in [6, 6.07) is 0. The van der Waals surface area contributed by atoms with E-state index in [1.807, 2.05) is 0 Å². The molecule has 0 unspecified atom stereocenters. The molecule has 0 radical (unpaired) electrons. The van der Waals surface area contributed by atoms with Crippen LogP contribution in [-0.2, 0) is 19.0 Å². The molecule has 1 heterocycles. The van der Waals surface area contributed by atoms with E-state index in [9.17, 15) is 15.0 Å². The number of fused-ring (bicyclic) bond motifs is 1. The summed E-state index contributed by atoms with van der Waals surface area (Å²) in [7, 11) is 1.59. The molecular weight excluding hydrogens is 278 g/mol. The number of hydrogen-bond acceptors (Lipinski definition) is 6. The minimum absolute atomic E-state index is 0.0519. The number of aliphatic hydroxyl groups is 2. The second-order valence-electron chi connectivity index (χ2n) is 6.25. The Morgan fingerprint density at radius 1 is 1.38 bits per heavy atom. The Labute approximate surface area is 124 Å². The lowest BCUT2D eigenvalue weighted by Gasteiger charge is -2.38. The summed E-state index contributed by atoms with van der Waals surface area (Å²) < 4.78 is 16.2. The molecule has 1 aliphatic carbocycles. The maximum absolute atomic E-state index is 12.2. The molecule has 1 amide bonds. The summed E-state index contributed by atoms with van der Waals surface area (Å²) in [4.78, 5) is 12.2. The van der Waals surface area contributed by atoms with E-state index in [1.165, 1.54) is 0 Å². The quantitative estimate of drug-likeness (QED) is 0.595. The molecule has 2 aliphatic rings. The number of nitrogens with one attached hydrogen (secondary N) is 1. The number of methoxy groups -OCH3 is 1. The average Bonchev–Trinajstić information content (AvgIpc) is 2.69. The Bertz CT molecular complexity index is 388. The largest absolute Gasteiger partial charge is 0.390 e. The maximum Gasteiger partial charge on any atom is 0.252 e. The van der Waals surface area contributed by atoms with Gasteiger partial charge in [0.15, 0.2) is 5.79 Å². The van der Waals surface area contributed by atoms with Crippen molar-refractivity contribution in [1.29, 1.82) is 0 Å². The molecular formula is C14H25NO6. The van der Waals surface area contributed by atoms with Gasteiger partial charge in [-0.15, -0.1) is 0 Å². The fourth-order valence-electron chi connectivity index (χ4n) is 2.99. The van der Waals surface area contributed by atoms with Gasteiger partial charge in [-0.05, 0) is 20.3 Å². The molecule has 0 aromatic carbocycles. The van der Waals surface area contributed by atoms with Crippen LogP contribution >= 0.6 is 0 Å². The predicted molar refractivity (Wildman–Crippen MR) is 73.5 cm³/mol. The van der Waals surface area contributed by atoms with Crippen LogP contribution in [0.5, 0.6) is 0 Å². The van der Waals surface area contributed by atoms with E-state index in [0.29, 0.717) is 19.6 Å². The standard InChI is InChI=1S/C14H25NO6/c1-13(2)20-10-8-14(18,7-9(16)11(10)21-13)12(17)15-5-4-6-19-3/h9-11,16,18H,4-8H2,1-3H3,(H,15,17)/t9-,10-,11+,14-/m1/s1. The summed E-state index contributed by atoms with van der Waals surface area (Å²) in [6.45, 7) is 4.46. The third kappa shape index (κ3) is 3.73. The van der Waals surface area contributed by atoms with E-state index in [-0.39, 0.29) is 12.8 Å². The van der Waals surface area contributed by atoms with Crippen molar-refractivity contribution in [2.45, 2.75) is 62.8 Å². The van der Waals surface area contributed by atoms with Crippen molar-refractivity contribution >= 4 is 5.91 Å². The Morgan fingerprint density at radius 3 is 2.76 bits per heavy atom. The topological polar surface area (TPSA) is 97.3 Å². The number of carbonyl (C=O) groups excluding carboxylic acids is 1. The van der Waals surface area contributed by atoms with Gasteiger partial charge in [0.05, 0.1) is 12.2 Å². The van der Waals surface area contributed by atoms with Crippen LogP contribution in [0.3, 0.4) is 0 Å². The fourth-order valence-corrected chi connectivity index (χ4v) is 2.99. The normalized spacial score (nSPS) is 38.0. The van der Waals surface area contributed by atoms with Gasteiger partial charge >= 0.3 is 0 Å². The highest BCUT2D eigenvalue weighted by molar-refractivity contribution is 5.85. The number of carbonyl (C=O) groups is 1. The number of aliphatic hydroxyl groups excluding tert-OH is 1. The molecule has 122 valence electrons. The smallest absolute Gasteiger partial charge is 0.252 e. The number of rotatable bonds is 5. The van der Waals surface area contributed by atoms with E-state index in [0.717, 1.165) is 0 Å². The molecule has 1 saturated carbocycles. The Balaban J connectivity index is 1.95. The van der Waals surface area contributed by atoms with Gasteiger partial charge in [0.2, 0.25) is 0 Å².